The third-order valence-corrected chi connectivity index (χ3v) is 4.57. The molecule has 2 aromatic rings. The quantitative estimate of drug-likeness (QED) is 0.916. The number of hydrogen-bond acceptors (Lipinski definition) is 4. The van der Waals surface area contributed by atoms with Crippen molar-refractivity contribution in [3.63, 3.8) is 0 Å². The van der Waals surface area contributed by atoms with Crippen molar-refractivity contribution >= 4 is 29.1 Å². The largest absolute Gasteiger partial charge is 0.480 e. The van der Waals surface area contributed by atoms with Gasteiger partial charge in [0.25, 0.3) is 0 Å². The standard InChI is InChI=1S/C16H12N2O2S/c1-10(16(19)20)18-12-4-2-3-5-14(12)21-15-7-6-11(9-17)8-13(15)18/h2-8,10H,1H3,(H,19,20). The van der Waals surface area contributed by atoms with Crippen LogP contribution in [0.25, 0.3) is 0 Å². The summed E-state index contributed by atoms with van der Waals surface area (Å²) in [6.07, 6.45) is 0. The average Bonchev–Trinajstić information content (AvgIpc) is 2.51. The number of carboxylic acid groups (broad SMARTS) is 1. The van der Waals surface area contributed by atoms with Gasteiger partial charge in [-0.1, -0.05) is 23.9 Å². The second-order valence-electron chi connectivity index (χ2n) is 4.75. The fourth-order valence-corrected chi connectivity index (χ4v) is 3.43. The second kappa shape index (κ2) is 5.15. The van der Waals surface area contributed by atoms with E-state index in [9.17, 15) is 9.90 Å². The molecule has 0 saturated heterocycles. The van der Waals surface area contributed by atoms with Gasteiger partial charge in [-0.25, -0.2) is 4.79 Å². The molecule has 0 aromatic heterocycles. The Morgan fingerprint density at radius 1 is 1.24 bits per heavy atom. The fourth-order valence-electron chi connectivity index (χ4n) is 2.38. The lowest BCUT2D eigenvalue weighted by atomic mass is 10.1. The van der Waals surface area contributed by atoms with Gasteiger partial charge < -0.3 is 10.0 Å². The first-order valence-corrected chi connectivity index (χ1v) is 7.26. The molecule has 0 saturated carbocycles. The molecule has 0 spiro atoms. The van der Waals surface area contributed by atoms with Crippen LogP contribution in [0.3, 0.4) is 0 Å². The highest BCUT2D eigenvalue weighted by atomic mass is 32.2. The van der Waals surface area contributed by atoms with Gasteiger partial charge >= 0.3 is 5.97 Å². The molecule has 4 nitrogen and oxygen atoms in total. The maximum absolute atomic E-state index is 11.5. The van der Waals surface area contributed by atoms with Crippen LogP contribution in [0.5, 0.6) is 0 Å². The number of aliphatic carboxylic acids is 1. The Morgan fingerprint density at radius 3 is 2.67 bits per heavy atom. The summed E-state index contributed by atoms with van der Waals surface area (Å²) in [4.78, 5) is 15.2. The molecular formula is C16H12N2O2S. The number of carboxylic acids is 1. The molecule has 1 aliphatic heterocycles. The maximum Gasteiger partial charge on any atom is 0.326 e. The van der Waals surface area contributed by atoms with Gasteiger partial charge in [-0.05, 0) is 37.3 Å². The summed E-state index contributed by atoms with van der Waals surface area (Å²) in [5.74, 6) is -0.898. The van der Waals surface area contributed by atoms with Crippen molar-refractivity contribution in [3.8, 4) is 6.07 Å². The summed E-state index contributed by atoms with van der Waals surface area (Å²) in [6.45, 7) is 1.65. The molecule has 1 atom stereocenters. The number of hydrogen-bond donors (Lipinski definition) is 1. The minimum atomic E-state index is -0.898. The van der Waals surface area contributed by atoms with Crippen molar-refractivity contribution in [2.24, 2.45) is 0 Å². The molecule has 0 aliphatic carbocycles. The Kier molecular flexibility index (Phi) is 3.32. The highest BCUT2D eigenvalue weighted by Crippen LogP contribution is 2.49. The topological polar surface area (TPSA) is 64.3 Å². The first-order chi connectivity index (χ1) is 10.1. The lowest BCUT2D eigenvalue weighted by molar-refractivity contribution is -0.138. The molecule has 0 fully saturated rings. The zero-order chi connectivity index (χ0) is 15.0. The Hall–Kier alpha value is -2.45. The van der Waals surface area contributed by atoms with Crippen molar-refractivity contribution in [3.05, 3.63) is 48.0 Å². The number of carbonyl (C=O) groups is 1. The molecule has 5 heteroatoms. The predicted octanol–water partition coefficient (Wildman–Crippen LogP) is 3.63. The van der Waals surface area contributed by atoms with Gasteiger partial charge in [-0.2, -0.15) is 5.26 Å². The van der Waals surface area contributed by atoms with E-state index >= 15 is 0 Å². The third kappa shape index (κ3) is 2.24. The van der Waals surface area contributed by atoms with Crippen molar-refractivity contribution < 1.29 is 9.90 Å². The normalized spacial score (nSPS) is 13.8. The molecule has 1 aliphatic rings. The molecule has 0 radical (unpaired) electrons. The minimum absolute atomic E-state index is 0.524. The van der Waals surface area contributed by atoms with Gasteiger partial charge in [-0.3, -0.25) is 0 Å². The first kappa shape index (κ1) is 13.5. The van der Waals surface area contributed by atoms with Crippen molar-refractivity contribution in [1.29, 1.82) is 5.26 Å². The Balaban J connectivity index is 2.22. The summed E-state index contributed by atoms with van der Waals surface area (Å²) in [7, 11) is 0. The predicted molar refractivity (Wildman–Crippen MR) is 81.0 cm³/mol. The summed E-state index contributed by atoms with van der Waals surface area (Å²) in [6, 6.07) is 14.5. The Morgan fingerprint density at radius 2 is 1.95 bits per heavy atom. The zero-order valence-electron chi connectivity index (χ0n) is 11.3. The van der Waals surface area contributed by atoms with E-state index in [0.717, 1.165) is 21.2 Å². The van der Waals surface area contributed by atoms with Crippen LogP contribution in [-0.4, -0.2) is 17.1 Å². The number of anilines is 2. The van der Waals surface area contributed by atoms with Crippen LogP contribution in [0.1, 0.15) is 12.5 Å². The van der Waals surface area contributed by atoms with E-state index in [0.29, 0.717) is 5.56 Å². The molecule has 1 heterocycles. The molecule has 104 valence electrons. The van der Waals surface area contributed by atoms with E-state index in [-0.39, 0.29) is 0 Å². The highest BCUT2D eigenvalue weighted by molar-refractivity contribution is 7.99. The van der Waals surface area contributed by atoms with E-state index in [1.807, 2.05) is 30.3 Å². The molecule has 2 aromatic carbocycles. The Bertz CT molecular complexity index is 767. The van der Waals surface area contributed by atoms with Crippen LogP contribution < -0.4 is 4.90 Å². The van der Waals surface area contributed by atoms with Crippen LogP contribution in [0.15, 0.2) is 52.3 Å². The SMILES string of the molecule is CC(C(=O)O)N1c2ccccc2Sc2ccc(C#N)cc21. The van der Waals surface area contributed by atoms with E-state index in [4.69, 9.17) is 5.26 Å². The van der Waals surface area contributed by atoms with E-state index in [1.54, 1.807) is 35.7 Å². The summed E-state index contributed by atoms with van der Waals surface area (Å²) < 4.78 is 0. The van der Waals surface area contributed by atoms with Crippen LogP contribution in [-0.2, 0) is 4.79 Å². The molecular weight excluding hydrogens is 284 g/mol. The smallest absolute Gasteiger partial charge is 0.326 e. The summed E-state index contributed by atoms with van der Waals surface area (Å²) in [5, 5.41) is 18.5. The van der Waals surface area contributed by atoms with Gasteiger partial charge in [0.15, 0.2) is 0 Å². The molecule has 21 heavy (non-hydrogen) atoms. The van der Waals surface area contributed by atoms with Crippen molar-refractivity contribution in [2.45, 2.75) is 22.8 Å². The van der Waals surface area contributed by atoms with Gasteiger partial charge in [0.1, 0.15) is 6.04 Å². The second-order valence-corrected chi connectivity index (χ2v) is 5.83. The lowest BCUT2D eigenvalue weighted by Gasteiger charge is -2.35. The highest BCUT2D eigenvalue weighted by Gasteiger charge is 2.30. The number of nitriles is 1. The van der Waals surface area contributed by atoms with Crippen LogP contribution in [0, 0.1) is 11.3 Å². The van der Waals surface area contributed by atoms with Crippen molar-refractivity contribution in [2.75, 3.05) is 4.90 Å². The fraction of sp³-hybridized carbons (Fsp3) is 0.125. The minimum Gasteiger partial charge on any atom is -0.480 e. The third-order valence-electron chi connectivity index (χ3n) is 3.44. The summed E-state index contributed by atoms with van der Waals surface area (Å²) >= 11 is 1.59. The van der Waals surface area contributed by atoms with Crippen LogP contribution >= 0.6 is 11.8 Å². The lowest BCUT2D eigenvalue weighted by Crippen LogP contribution is -2.36. The number of nitrogens with zero attached hydrogens (tertiary/aromatic N) is 2. The van der Waals surface area contributed by atoms with Crippen LogP contribution in [0.2, 0.25) is 0 Å². The molecule has 3 rings (SSSR count). The monoisotopic (exact) mass is 296 g/mol. The molecule has 0 amide bonds. The Labute approximate surface area is 126 Å². The van der Waals surface area contributed by atoms with Crippen LogP contribution in [0.4, 0.5) is 11.4 Å². The first-order valence-electron chi connectivity index (χ1n) is 6.45. The van der Waals surface area contributed by atoms with Gasteiger partial charge in [-0.15, -0.1) is 0 Å². The number of benzene rings is 2. The van der Waals surface area contributed by atoms with E-state index in [1.165, 1.54) is 0 Å². The number of fused-ring (bicyclic) bond motifs is 2. The zero-order valence-corrected chi connectivity index (χ0v) is 12.1. The van der Waals surface area contributed by atoms with Gasteiger partial charge in [0.2, 0.25) is 0 Å². The average molecular weight is 296 g/mol. The molecule has 0 bridgehead atoms. The van der Waals surface area contributed by atoms with Gasteiger partial charge in [0, 0.05) is 9.79 Å². The number of rotatable bonds is 2. The molecule has 1 N–H and O–H groups in total. The van der Waals surface area contributed by atoms with E-state index < -0.39 is 12.0 Å². The van der Waals surface area contributed by atoms with Crippen molar-refractivity contribution in [1.82, 2.24) is 0 Å². The molecule has 1 unspecified atom stereocenters. The number of para-hydroxylation sites is 1. The summed E-state index contributed by atoms with van der Waals surface area (Å²) in [5.41, 5.74) is 2.16. The van der Waals surface area contributed by atoms with E-state index in [2.05, 4.69) is 6.07 Å². The van der Waals surface area contributed by atoms with Gasteiger partial charge in [0.05, 0.1) is 23.0 Å². The maximum atomic E-state index is 11.5.